The van der Waals surface area contributed by atoms with Crippen molar-refractivity contribution in [2.75, 3.05) is 36.9 Å². The molecule has 4 fully saturated rings. The third kappa shape index (κ3) is 7.61. The monoisotopic (exact) mass is 684 g/mol. The van der Waals surface area contributed by atoms with E-state index >= 15 is 0 Å². The highest BCUT2D eigenvalue weighted by Gasteiger charge is 2.30. The molecule has 51 heavy (non-hydrogen) atoms. The molecule has 2 saturated carbocycles. The number of carbonyl (C=O) groups is 2. The summed E-state index contributed by atoms with van der Waals surface area (Å²) in [5.74, 6) is 0.609. The topological polar surface area (TPSA) is 108 Å². The van der Waals surface area contributed by atoms with Crippen LogP contribution in [0.4, 0.5) is 11.4 Å². The van der Waals surface area contributed by atoms with E-state index in [1.807, 2.05) is 62.6 Å². The second kappa shape index (κ2) is 14.7. The maximum atomic E-state index is 13.6. The predicted molar refractivity (Wildman–Crippen MR) is 200 cm³/mol. The number of carbonyl (C=O) groups excluding carboxylic acids is 2. The van der Waals surface area contributed by atoms with Gasteiger partial charge in [-0.1, -0.05) is 30.7 Å². The van der Waals surface area contributed by atoms with E-state index in [0.29, 0.717) is 29.3 Å². The van der Waals surface area contributed by atoms with Crippen molar-refractivity contribution in [2.24, 2.45) is 0 Å². The zero-order valence-corrected chi connectivity index (χ0v) is 29.8. The van der Waals surface area contributed by atoms with E-state index in [4.69, 9.17) is 4.74 Å². The van der Waals surface area contributed by atoms with Crippen LogP contribution < -0.4 is 16.0 Å². The second-order valence-electron chi connectivity index (χ2n) is 14.9. The van der Waals surface area contributed by atoms with Gasteiger partial charge in [0.1, 0.15) is 11.4 Å². The van der Waals surface area contributed by atoms with Crippen molar-refractivity contribution >= 4 is 23.2 Å². The summed E-state index contributed by atoms with van der Waals surface area (Å²) in [7, 11) is 0. The van der Waals surface area contributed by atoms with Crippen LogP contribution in [0, 0.1) is 13.8 Å². The highest BCUT2D eigenvalue weighted by atomic mass is 16.5. The Kier molecular flexibility index (Phi) is 9.68. The zero-order chi connectivity index (χ0) is 34.9. The summed E-state index contributed by atoms with van der Waals surface area (Å²) in [4.78, 5) is 38.9. The molecule has 9 nitrogen and oxygen atoms in total. The molecule has 2 aromatic carbocycles. The summed E-state index contributed by atoms with van der Waals surface area (Å²) in [5.41, 5.74) is 11.2. The maximum absolute atomic E-state index is 13.6. The summed E-state index contributed by atoms with van der Waals surface area (Å²) in [6.45, 7) is 9.46. The normalized spacial score (nSPS) is 17.9. The van der Waals surface area contributed by atoms with Crippen LogP contribution >= 0.6 is 0 Å². The number of nitrogens with one attached hydrogen (secondary N) is 3. The highest BCUT2D eigenvalue weighted by molar-refractivity contribution is 6.05. The molecule has 0 spiro atoms. The first-order valence-electron chi connectivity index (χ1n) is 18.7. The Morgan fingerprint density at radius 1 is 0.745 bits per heavy atom. The molecule has 4 aliphatic rings. The van der Waals surface area contributed by atoms with E-state index in [1.165, 1.54) is 48.8 Å². The Morgan fingerprint density at radius 3 is 1.78 bits per heavy atom. The fourth-order valence-electron chi connectivity index (χ4n) is 7.54. The van der Waals surface area contributed by atoms with Crippen LogP contribution in [0.25, 0.3) is 11.1 Å². The molecule has 0 bridgehead atoms. The zero-order valence-electron chi connectivity index (χ0n) is 29.8. The number of piperidine rings is 1. The number of likely N-dealkylation sites (tertiary alicyclic amines) is 1. The van der Waals surface area contributed by atoms with E-state index in [2.05, 4.69) is 43.0 Å². The summed E-state index contributed by atoms with van der Waals surface area (Å²) in [5, 5.41) is 9.82. The fraction of sp³-hybridized carbons (Fsp3) is 0.429. The third-order valence-electron chi connectivity index (χ3n) is 11.1. The highest BCUT2D eigenvalue weighted by Crippen LogP contribution is 2.43. The average Bonchev–Trinajstić information content (AvgIpc) is 4.05. The summed E-state index contributed by atoms with van der Waals surface area (Å²) < 4.78 is 5.29. The first-order chi connectivity index (χ1) is 24.9. The van der Waals surface area contributed by atoms with Crippen molar-refractivity contribution in [1.82, 2.24) is 20.2 Å². The lowest BCUT2D eigenvalue weighted by atomic mass is 9.94. The SMILES string of the molecule is Cc1c(NC(=O)c2cc(C3CC3)c(CNC3COC3)cn2)cccc1-c1cccc(NC(=O)c2cc(C3CC3)c(CN3CCCCC3)cn2)c1C. The number of nitrogens with zero attached hydrogens (tertiary/aromatic N) is 3. The molecule has 3 N–H and O–H groups in total. The van der Waals surface area contributed by atoms with Crippen LogP contribution in [0.2, 0.25) is 0 Å². The van der Waals surface area contributed by atoms with Crippen molar-refractivity contribution in [3.8, 4) is 11.1 Å². The van der Waals surface area contributed by atoms with Gasteiger partial charge in [-0.05, 0) is 146 Å². The van der Waals surface area contributed by atoms with Gasteiger partial charge in [0.25, 0.3) is 11.8 Å². The largest absolute Gasteiger partial charge is 0.378 e. The second-order valence-corrected chi connectivity index (χ2v) is 14.9. The quantitative estimate of drug-likeness (QED) is 0.142. The average molecular weight is 685 g/mol. The Hall–Kier alpha value is -4.44. The lowest BCUT2D eigenvalue weighted by molar-refractivity contribution is -0.00582. The maximum Gasteiger partial charge on any atom is 0.274 e. The Balaban J connectivity index is 0.976. The molecule has 264 valence electrons. The molecule has 4 aromatic rings. The van der Waals surface area contributed by atoms with Crippen LogP contribution in [0.1, 0.15) is 111 Å². The summed E-state index contributed by atoms with van der Waals surface area (Å²) >= 11 is 0. The van der Waals surface area contributed by atoms with Crippen LogP contribution in [0.5, 0.6) is 0 Å². The molecule has 2 aliphatic heterocycles. The first-order valence-corrected chi connectivity index (χ1v) is 18.7. The Labute approximate surface area is 300 Å². The number of benzene rings is 2. The first kappa shape index (κ1) is 33.7. The molecule has 0 unspecified atom stereocenters. The van der Waals surface area contributed by atoms with Gasteiger partial charge in [-0.3, -0.25) is 24.5 Å². The number of rotatable bonds is 12. The molecule has 8 rings (SSSR count). The third-order valence-corrected chi connectivity index (χ3v) is 11.1. The van der Waals surface area contributed by atoms with E-state index in [0.717, 1.165) is 91.4 Å². The van der Waals surface area contributed by atoms with E-state index in [-0.39, 0.29) is 11.8 Å². The van der Waals surface area contributed by atoms with Crippen molar-refractivity contribution in [1.29, 1.82) is 0 Å². The molecule has 0 atom stereocenters. The number of ether oxygens (including phenoxy) is 1. The lowest BCUT2D eigenvalue weighted by Gasteiger charge is -2.27. The van der Waals surface area contributed by atoms with Gasteiger partial charge >= 0.3 is 0 Å². The standard InChI is InChI=1S/C42H48N6O3/c1-26-33(8-6-10-37(26)46-41(49)39-18-35(28-12-13-28)30(21-44-39)20-43-32-24-51-25-32)34-9-7-11-38(27(34)2)47-42(50)40-19-36(29-14-15-29)31(22-45-40)23-48-16-4-3-5-17-48/h6-11,18-19,21-22,28-29,32,43H,3-5,12-17,20,23-25H2,1-2H3,(H,46,49)(H,47,50). The molecule has 2 aromatic heterocycles. The fourth-order valence-corrected chi connectivity index (χ4v) is 7.54. The van der Waals surface area contributed by atoms with Crippen LogP contribution in [-0.4, -0.2) is 59.0 Å². The smallest absolute Gasteiger partial charge is 0.274 e. The number of anilines is 2. The summed E-state index contributed by atoms with van der Waals surface area (Å²) in [6, 6.07) is 16.3. The van der Waals surface area contributed by atoms with Crippen LogP contribution in [-0.2, 0) is 17.8 Å². The number of hydrogen-bond donors (Lipinski definition) is 3. The van der Waals surface area contributed by atoms with Crippen molar-refractivity contribution in [2.45, 2.75) is 89.8 Å². The number of hydrogen-bond acceptors (Lipinski definition) is 7. The molecule has 9 heteroatoms. The number of aromatic nitrogens is 2. The van der Waals surface area contributed by atoms with Crippen LogP contribution in [0.15, 0.2) is 60.9 Å². The predicted octanol–water partition coefficient (Wildman–Crippen LogP) is 7.49. The minimum atomic E-state index is -0.221. The minimum Gasteiger partial charge on any atom is -0.378 e. The molecule has 0 radical (unpaired) electrons. The van der Waals surface area contributed by atoms with Gasteiger partial charge in [0.05, 0.1) is 19.3 Å². The van der Waals surface area contributed by atoms with Crippen LogP contribution in [0.3, 0.4) is 0 Å². The molecule has 2 amide bonds. The molecular formula is C42H48N6O3. The van der Waals surface area contributed by atoms with Crippen molar-refractivity contribution < 1.29 is 14.3 Å². The van der Waals surface area contributed by atoms with Crippen molar-refractivity contribution in [3.05, 3.63) is 106 Å². The van der Waals surface area contributed by atoms with Gasteiger partial charge in [0.2, 0.25) is 0 Å². The summed E-state index contributed by atoms with van der Waals surface area (Å²) in [6.07, 6.45) is 12.3. The Bertz CT molecular complexity index is 1940. The molecule has 4 heterocycles. The van der Waals surface area contributed by atoms with Gasteiger partial charge in [0, 0.05) is 36.9 Å². The minimum absolute atomic E-state index is 0.198. The van der Waals surface area contributed by atoms with Crippen molar-refractivity contribution in [3.63, 3.8) is 0 Å². The molecule has 2 aliphatic carbocycles. The lowest BCUT2D eigenvalue weighted by Crippen LogP contribution is -2.45. The number of pyridine rings is 2. The Morgan fingerprint density at radius 2 is 1.27 bits per heavy atom. The van der Waals surface area contributed by atoms with E-state index in [1.54, 1.807) is 0 Å². The number of amides is 2. The van der Waals surface area contributed by atoms with E-state index < -0.39 is 0 Å². The van der Waals surface area contributed by atoms with Gasteiger partial charge < -0.3 is 20.7 Å². The van der Waals surface area contributed by atoms with Gasteiger partial charge in [-0.15, -0.1) is 0 Å². The molecular weight excluding hydrogens is 637 g/mol. The molecule has 2 saturated heterocycles. The van der Waals surface area contributed by atoms with Gasteiger partial charge in [0.15, 0.2) is 0 Å². The van der Waals surface area contributed by atoms with Gasteiger partial charge in [-0.2, -0.15) is 0 Å². The van der Waals surface area contributed by atoms with Gasteiger partial charge in [-0.25, -0.2) is 0 Å². The van der Waals surface area contributed by atoms with E-state index in [9.17, 15) is 9.59 Å².